The van der Waals surface area contributed by atoms with Crippen molar-refractivity contribution >= 4 is 11.8 Å². The summed E-state index contributed by atoms with van der Waals surface area (Å²) in [6.07, 6.45) is 3.10. The van der Waals surface area contributed by atoms with Gasteiger partial charge in [0.1, 0.15) is 12.1 Å². The first-order valence-corrected chi connectivity index (χ1v) is 5.08. The Morgan fingerprint density at radius 2 is 2.24 bits per heavy atom. The molecular formula is C12H11N3O2. The zero-order valence-corrected chi connectivity index (χ0v) is 9.00. The number of hydrogen-bond donors (Lipinski definition) is 2. The Morgan fingerprint density at radius 3 is 2.94 bits per heavy atom. The van der Waals surface area contributed by atoms with Crippen molar-refractivity contribution in [3.63, 3.8) is 0 Å². The van der Waals surface area contributed by atoms with Gasteiger partial charge in [-0.2, -0.15) is 0 Å². The van der Waals surface area contributed by atoms with Crippen LogP contribution in [0.2, 0.25) is 0 Å². The van der Waals surface area contributed by atoms with Crippen molar-refractivity contribution < 1.29 is 9.90 Å². The quantitative estimate of drug-likeness (QED) is 0.835. The number of carboxylic acid groups (broad SMARTS) is 1. The smallest absolute Gasteiger partial charge is 0.335 e. The van der Waals surface area contributed by atoms with E-state index in [0.717, 1.165) is 5.56 Å². The van der Waals surface area contributed by atoms with Crippen LogP contribution in [0.15, 0.2) is 42.9 Å². The Kier molecular flexibility index (Phi) is 3.30. The molecule has 1 heterocycles. The zero-order chi connectivity index (χ0) is 12.1. The average molecular weight is 229 g/mol. The highest BCUT2D eigenvalue weighted by Crippen LogP contribution is 2.08. The summed E-state index contributed by atoms with van der Waals surface area (Å²) in [7, 11) is 0. The molecule has 0 aliphatic heterocycles. The molecule has 0 saturated heterocycles. The Bertz CT molecular complexity index is 514. The Hall–Kier alpha value is -2.43. The van der Waals surface area contributed by atoms with E-state index in [1.165, 1.54) is 6.33 Å². The van der Waals surface area contributed by atoms with Gasteiger partial charge in [-0.3, -0.25) is 0 Å². The van der Waals surface area contributed by atoms with E-state index < -0.39 is 5.97 Å². The molecule has 2 rings (SSSR count). The van der Waals surface area contributed by atoms with Gasteiger partial charge in [-0.25, -0.2) is 14.8 Å². The maximum Gasteiger partial charge on any atom is 0.335 e. The minimum Gasteiger partial charge on any atom is -0.478 e. The molecule has 5 heteroatoms. The molecule has 0 unspecified atom stereocenters. The highest BCUT2D eigenvalue weighted by atomic mass is 16.4. The third-order valence-corrected chi connectivity index (χ3v) is 2.23. The molecule has 0 aliphatic rings. The number of carbonyl (C=O) groups is 1. The van der Waals surface area contributed by atoms with Gasteiger partial charge in [0.2, 0.25) is 0 Å². The van der Waals surface area contributed by atoms with E-state index >= 15 is 0 Å². The first-order chi connectivity index (χ1) is 8.25. The van der Waals surface area contributed by atoms with Crippen molar-refractivity contribution in [2.24, 2.45) is 0 Å². The third kappa shape index (κ3) is 3.01. The van der Waals surface area contributed by atoms with E-state index in [2.05, 4.69) is 15.3 Å². The number of nitrogens with one attached hydrogen (secondary N) is 1. The zero-order valence-electron chi connectivity index (χ0n) is 9.00. The normalized spacial score (nSPS) is 9.88. The maximum absolute atomic E-state index is 10.8. The molecular weight excluding hydrogens is 218 g/mol. The van der Waals surface area contributed by atoms with E-state index in [1.807, 2.05) is 6.07 Å². The summed E-state index contributed by atoms with van der Waals surface area (Å²) in [4.78, 5) is 18.6. The van der Waals surface area contributed by atoms with Crippen molar-refractivity contribution in [3.8, 4) is 0 Å². The lowest BCUT2D eigenvalue weighted by Crippen LogP contribution is -2.03. The van der Waals surface area contributed by atoms with Crippen molar-refractivity contribution in [1.82, 2.24) is 9.97 Å². The highest BCUT2D eigenvalue weighted by Gasteiger charge is 2.02. The fourth-order valence-electron chi connectivity index (χ4n) is 1.40. The number of rotatable bonds is 4. The standard InChI is InChI=1S/C12H11N3O2/c16-12(17)10-3-1-2-9(6-10)7-14-11-4-5-13-8-15-11/h1-6,8H,7H2,(H,16,17)(H,13,14,15). The second kappa shape index (κ2) is 5.07. The minimum absolute atomic E-state index is 0.284. The Labute approximate surface area is 98.2 Å². The predicted octanol–water partition coefficient (Wildman–Crippen LogP) is 1.79. The van der Waals surface area contributed by atoms with Crippen LogP contribution >= 0.6 is 0 Å². The summed E-state index contributed by atoms with van der Waals surface area (Å²) in [5.41, 5.74) is 1.18. The van der Waals surface area contributed by atoms with E-state index in [9.17, 15) is 4.79 Å². The summed E-state index contributed by atoms with van der Waals surface area (Å²) < 4.78 is 0. The number of anilines is 1. The molecule has 0 bridgehead atoms. The monoisotopic (exact) mass is 229 g/mol. The molecule has 86 valence electrons. The van der Waals surface area contributed by atoms with Crippen molar-refractivity contribution in [2.75, 3.05) is 5.32 Å². The van der Waals surface area contributed by atoms with Crippen molar-refractivity contribution in [1.29, 1.82) is 0 Å². The van der Waals surface area contributed by atoms with Gasteiger partial charge in [0.25, 0.3) is 0 Å². The topological polar surface area (TPSA) is 75.1 Å². The van der Waals surface area contributed by atoms with Gasteiger partial charge >= 0.3 is 5.97 Å². The molecule has 0 atom stereocenters. The summed E-state index contributed by atoms with van der Waals surface area (Å²) in [5, 5.41) is 11.9. The number of carboxylic acids is 1. The van der Waals surface area contributed by atoms with Crippen molar-refractivity contribution in [3.05, 3.63) is 54.0 Å². The summed E-state index contributed by atoms with van der Waals surface area (Å²) in [6, 6.07) is 8.54. The molecule has 5 nitrogen and oxygen atoms in total. The van der Waals surface area contributed by atoms with Crippen LogP contribution in [0.25, 0.3) is 0 Å². The van der Waals surface area contributed by atoms with Gasteiger partial charge in [0, 0.05) is 12.7 Å². The van der Waals surface area contributed by atoms with Crippen LogP contribution in [0.5, 0.6) is 0 Å². The van der Waals surface area contributed by atoms with Gasteiger partial charge in [0.05, 0.1) is 5.56 Å². The van der Waals surface area contributed by atoms with Gasteiger partial charge in [-0.15, -0.1) is 0 Å². The Balaban J connectivity index is 2.04. The molecule has 2 N–H and O–H groups in total. The second-order valence-electron chi connectivity index (χ2n) is 3.45. The molecule has 0 radical (unpaired) electrons. The summed E-state index contributed by atoms with van der Waals surface area (Å²) in [6.45, 7) is 0.526. The van der Waals surface area contributed by atoms with Crippen LogP contribution in [-0.2, 0) is 6.54 Å². The summed E-state index contributed by atoms with van der Waals surface area (Å²) >= 11 is 0. The number of aromatic carboxylic acids is 1. The first-order valence-electron chi connectivity index (χ1n) is 5.08. The van der Waals surface area contributed by atoms with Gasteiger partial charge in [-0.1, -0.05) is 12.1 Å². The Morgan fingerprint density at radius 1 is 1.35 bits per heavy atom. The van der Waals surface area contributed by atoms with E-state index in [0.29, 0.717) is 12.4 Å². The molecule has 0 spiro atoms. The molecule has 0 amide bonds. The number of hydrogen-bond acceptors (Lipinski definition) is 4. The molecule has 0 aliphatic carbocycles. The third-order valence-electron chi connectivity index (χ3n) is 2.23. The van der Waals surface area contributed by atoms with Crippen LogP contribution < -0.4 is 5.32 Å². The largest absolute Gasteiger partial charge is 0.478 e. The lowest BCUT2D eigenvalue weighted by atomic mass is 10.1. The lowest BCUT2D eigenvalue weighted by Gasteiger charge is -2.05. The fourth-order valence-corrected chi connectivity index (χ4v) is 1.40. The van der Waals surface area contributed by atoms with Gasteiger partial charge < -0.3 is 10.4 Å². The molecule has 0 fully saturated rings. The first kappa shape index (κ1) is 11.1. The highest BCUT2D eigenvalue weighted by molar-refractivity contribution is 5.87. The van der Waals surface area contributed by atoms with Crippen LogP contribution in [0, 0.1) is 0 Å². The average Bonchev–Trinajstić information content (AvgIpc) is 2.38. The molecule has 2 aromatic rings. The maximum atomic E-state index is 10.8. The van der Waals surface area contributed by atoms with Crippen molar-refractivity contribution in [2.45, 2.75) is 6.54 Å². The number of benzene rings is 1. The van der Waals surface area contributed by atoms with E-state index in [4.69, 9.17) is 5.11 Å². The minimum atomic E-state index is -0.922. The fraction of sp³-hybridized carbons (Fsp3) is 0.0833. The lowest BCUT2D eigenvalue weighted by molar-refractivity contribution is 0.0697. The SMILES string of the molecule is O=C(O)c1cccc(CNc2ccncn2)c1. The molecule has 1 aromatic carbocycles. The summed E-state index contributed by atoms with van der Waals surface area (Å²) in [5.74, 6) is -0.213. The van der Waals surface area contributed by atoms with Crippen LogP contribution in [-0.4, -0.2) is 21.0 Å². The second-order valence-corrected chi connectivity index (χ2v) is 3.45. The van der Waals surface area contributed by atoms with Gasteiger partial charge in [-0.05, 0) is 23.8 Å². The molecule has 17 heavy (non-hydrogen) atoms. The number of nitrogens with zero attached hydrogens (tertiary/aromatic N) is 2. The van der Waals surface area contributed by atoms with Crippen LogP contribution in [0.4, 0.5) is 5.82 Å². The van der Waals surface area contributed by atoms with Crippen LogP contribution in [0.1, 0.15) is 15.9 Å². The molecule has 1 aromatic heterocycles. The molecule has 0 saturated carbocycles. The van der Waals surface area contributed by atoms with Crippen LogP contribution in [0.3, 0.4) is 0 Å². The number of aromatic nitrogens is 2. The van der Waals surface area contributed by atoms with E-state index in [-0.39, 0.29) is 5.56 Å². The predicted molar refractivity (Wildman–Crippen MR) is 62.8 cm³/mol. The van der Waals surface area contributed by atoms with E-state index in [1.54, 1.807) is 30.5 Å². The van der Waals surface area contributed by atoms with Gasteiger partial charge in [0.15, 0.2) is 0 Å².